The minimum atomic E-state index is 0. The fourth-order valence-corrected chi connectivity index (χ4v) is 6.61. The first-order valence-electron chi connectivity index (χ1n) is 18.3. The molecular formula is C42H67FeNO3. The monoisotopic (exact) mass is 689 g/mol. The van der Waals surface area contributed by atoms with Crippen LogP contribution in [0.1, 0.15) is 141 Å². The SMILES string of the molecule is C1CCCC1.Cc1c(C=NC(=O)C2CCCC2)ccc(OC(C(C)C)C(C)C)c1C.Cc1cccc(OC(C(C)C)C(C)C)c1C.[Fe]. The summed E-state index contributed by atoms with van der Waals surface area (Å²) in [7, 11) is 0. The molecule has 0 saturated heterocycles. The van der Waals surface area contributed by atoms with Crippen molar-refractivity contribution in [1.29, 1.82) is 0 Å². The van der Waals surface area contributed by atoms with E-state index >= 15 is 0 Å². The van der Waals surface area contributed by atoms with Gasteiger partial charge in [-0.2, -0.15) is 0 Å². The van der Waals surface area contributed by atoms with Crippen LogP contribution in [-0.2, 0) is 21.9 Å². The number of benzene rings is 2. The minimum absolute atomic E-state index is 0. The summed E-state index contributed by atoms with van der Waals surface area (Å²) >= 11 is 0. The third-order valence-electron chi connectivity index (χ3n) is 9.77. The van der Waals surface area contributed by atoms with Crippen LogP contribution in [0.3, 0.4) is 0 Å². The van der Waals surface area contributed by atoms with Crippen LogP contribution in [-0.4, -0.2) is 24.3 Å². The number of aryl methyl sites for hydroxylation is 1. The number of aliphatic imine (C=N–C) groups is 1. The maximum atomic E-state index is 12.2. The Balaban J connectivity index is 0.000000427. The first kappa shape index (κ1) is 42.9. The summed E-state index contributed by atoms with van der Waals surface area (Å²) in [6.07, 6.45) is 14.0. The van der Waals surface area contributed by atoms with E-state index in [4.69, 9.17) is 9.47 Å². The maximum absolute atomic E-state index is 12.2. The van der Waals surface area contributed by atoms with E-state index in [-0.39, 0.29) is 35.0 Å². The third-order valence-corrected chi connectivity index (χ3v) is 9.77. The largest absolute Gasteiger partial charge is 0.490 e. The Morgan fingerprint density at radius 3 is 1.53 bits per heavy atom. The molecule has 2 aliphatic rings. The number of carbonyl (C=O) groups is 1. The zero-order valence-electron chi connectivity index (χ0n) is 31.9. The molecule has 1 amide bonds. The van der Waals surface area contributed by atoms with Gasteiger partial charge in [-0.15, -0.1) is 0 Å². The van der Waals surface area contributed by atoms with E-state index in [0.717, 1.165) is 53.9 Å². The molecule has 5 heteroatoms. The van der Waals surface area contributed by atoms with Crippen molar-refractivity contribution >= 4 is 12.1 Å². The Labute approximate surface area is 299 Å². The fourth-order valence-electron chi connectivity index (χ4n) is 6.61. The standard InChI is InChI=1S/C22H33NO2.C15H24O.C5H10.Fe/c1-14(2)21(15(3)4)25-20-12-11-19(16(5)17(20)6)13-23-22(24)18-9-7-8-10-18;1-10(2)15(11(3)4)16-14-9-7-8-12(5)13(14)6;1-2-4-5-3-1;/h11-15,18,21H,7-10H2,1-6H3;7-11,15H,1-6H3;1-5H2;. The topological polar surface area (TPSA) is 47.9 Å². The maximum Gasteiger partial charge on any atom is 0.248 e. The molecule has 2 aromatic carbocycles. The molecule has 0 bridgehead atoms. The summed E-state index contributed by atoms with van der Waals surface area (Å²) in [5.74, 6) is 4.15. The molecule has 4 nitrogen and oxygen atoms in total. The van der Waals surface area contributed by atoms with Gasteiger partial charge in [0.15, 0.2) is 0 Å². The van der Waals surface area contributed by atoms with Crippen LogP contribution in [0.4, 0.5) is 0 Å². The van der Waals surface area contributed by atoms with Crippen molar-refractivity contribution in [2.24, 2.45) is 34.6 Å². The van der Waals surface area contributed by atoms with Crippen LogP contribution in [0.2, 0.25) is 0 Å². The zero-order chi connectivity index (χ0) is 34.4. The van der Waals surface area contributed by atoms with Crippen molar-refractivity contribution in [3.8, 4) is 11.5 Å². The Hall–Kier alpha value is -2.10. The summed E-state index contributed by atoms with van der Waals surface area (Å²) in [6, 6.07) is 10.3. The van der Waals surface area contributed by atoms with Gasteiger partial charge in [-0.3, -0.25) is 4.79 Å². The molecule has 0 unspecified atom stereocenters. The van der Waals surface area contributed by atoms with Crippen molar-refractivity contribution in [2.75, 3.05) is 0 Å². The predicted octanol–water partition coefficient (Wildman–Crippen LogP) is 11.8. The number of nitrogens with zero attached hydrogens (tertiary/aromatic N) is 1. The van der Waals surface area contributed by atoms with Gasteiger partial charge < -0.3 is 9.47 Å². The molecule has 0 radical (unpaired) electrons. The number of hydrogen-bond acceptors (Lipinski definition) is 3. The molecule has 2 saturated carbocycles. The Morgan fingerprint density at radius 1 is 0.638 bits per heavy atom. The van der Waals surface area contributed by atoms with E-state index in [1.54, 1.807) is 6.21 Å². The van der Waals surface area contributed by atoms with Crippen LogP contribution in [0.25, 0.3) is 0 Å². The molecule has 0 N–H and O–H groups in total. The van der Waals surface area contributed by atoms with Gasteiger partial charge in [-0.1, -0.05) is 112 Å². The average Bonchev–Trinajstić information content (AvgIpc) is 3.75. The summed E-state index contributed by atoms with van der Waals surface area (Å²) in [5, 5.41) is 0. The van der Waals surface area contributed by atoms with Crippen molar-refractivity contribution < 1.29 is 31.3 Å². The summed E-state index contributed by atoms with van der Waals surface area (Å²) in [4.78, 5) is 16.4. The van der Waals surface area contributed by atoms with Gasteiger partial charge in [0.05, 0.1) is 0 Å². The Morgan fingerprint density at radius 2 is 1.09 bits per heavy atom. The fraction of sp³-hybridized carbons (Fsp3) is 0.667. The predicted molar refractivity (Wildman–Crippen MR) is 198 cm³/mol. The van der Waals surface area contributed by atoms with Crippen LogP contribution in [0.5, 0.6) is 11.5 Å². The van der Waals surface area contributed by atoms with E-state index in [9.17, 15) is 4.79 Å². The first-order chi connectivity index (χ1) is 21.7. The van der Waals surface area contributed by atoms with Gasteiger partial charge in [-0.25, -0.2) is 4.99 Å². The second kappa shape index (κ2) is 21.8. The molecule has 0 atom stereocenters. The van der Waals surface area contributed by atoms with Gasteiger partial charge >= 0.3 is 0 Å². The summed E-state index contributed by atoms with van der Waals surface area (Å²) < 4.78 is 12.4. The zero-order valence-corrected chi connectivity index (χ0v) is 33.0. The molecule has 2 aromatic rings. The van der Waals surface area contributed by atoms with E-state index in [2.05, 4.69) is 106 Å². The smallest absolute Gasteiger partial charge is 0.248 e. The van der Waals surface area contributed by atoms with E-state index < -0.39 is 0 Å². The molecule has 266 valence electrons. The van der Waals surface area contributed by atoms with E-state index in [1.165, 1.54) is 43.2 Å². The Bertz CT molecular complexity index is 1200. The van der Waals surface area contributed by atoms with Crippen molar-refractivity contribution in [2.45, 2.75) is 153 Å². The van der Waals surface area contributed by atoms with Crippen LogP contribution < -0.4 is 9.47 Å². The van der Waals surface area contributed by atoms with Crippen LogP contribution in [0, 0.1) is 57.3 Å². The molecule has 4 rings (SSSR count). The number of amides is 1. The van der Waals surface area contributed by atoms with Crippen molar-refractivity contribution in [1.82, 2.24) is 0 Å². The van der Waals surface area contributed by atoms with Gasteiger partial charge in [0.2, 0.25) is 5.91 Å². The molecule has 2 fully saturated rings. The van der Waals surface area contributed by atoms with E-state index in [0.29, 0.717) is 29.8 Å². The molecule has 0 aromatic heterocycles. The second-order valence-corrected chi connectivity index (χ2v) is 15.1. The molecular weight excluding hydrogens is 622 g/mol. The van der Waals surface area contributed by atoms with Gasteiger partial charge in [0, 0.05) is 29.2 Å². The molecule has 47 heavy (non-hydrogen) atoms. The number of hydrogen-bond donors (Lipinski definition) is 0. The average molecular weight is 690 g/mol. The molecule has 0 aliphatic heterocycles. The molecule has 2 aliphatic carbocycles. The number of ether oxygens (including phenoxy) is 2. The van der Waals surface area contributed by atoms with E-state index in [1.807, 2.05) is 12.1 Å². The van der Waals surface area contributed by atoms with Gasteiger partial charge in [0.1, 0.15) is 23.7 Å². The summed E-state index contributed by atoms with van der Waals surface area (Å²) in [6.45, 7) is 26.1. The van der Waals surface area contributed by atoms with Crippen molar-refractivity contribution in [3.63, 3.8) is 0 Å². The van der Waals surface area contributed by atoms with Crippen LogP contribution >= 0.6 is 0 Å². The van der Waals surface area contributed by atoms with Crippen molar-refractivity contribution in [3.05, 3.63) is 58.1 Å². The Kier molecular flexibility index (Phi) is 19.9. The first-order valence-corrected chi connectivity index (χ1v) is 18.3. The van der Waals surface area contributed by atoms with Gasteiger partial charge in [-0.05, 0) is 110 Å². The molecule has 0 heterocycles. The quantitative estimate of drug-likeness (QED) is 0.184. The minimum Gasteiger partial charge on any atom is -0.490 e. The van der Waals surface area contributed by atoms with Crippen LogP contribution in [0.15, 0.2) is 35.3 Å². The summed E-state index contributed by atoms with van der Waals surface area (Å²) in [5.41, 5.74) is 5.81. The number of carbonyl (C=O) groups excluding carboxylic acids is 1. The molecule has 0 spiro atoms. The van der Waals surface area contributed by atoms with Gasteiger partial charge in [0.25, 0.3) is 0 Å². The number of rotatable bonds is 10. The second-order valence-electron chi connectivity index (χ2n) is 15.1. The third kappa shape index (κ3) is 14.1. The normalized spacial score (nSPS) is 14.9.